The van der Waals surface area contributed by atoms with Crippen LogP contribution in [0.3, 0.4) is 0 Å². The van der Waals surface area contributed by atoms with Gasteiger partial charge >= 0.3 is 0 Å². The van der Waals surface area contributed by atoms with Gasteiger partial charge in [0.1, 0.15) is 11.6 Å². The van der Waals surface area contributed by atoms with Crippen LogP contribution in [-0.4, -0.2) is 9.97 Å². The molecule has 0 unspecified atom stereocenters. The largest absolute Gasteiger partial charge is 0.426 e. The maximum Gasteiger partial charge on any atom is 0.300 e. The standard InChI is InChI=1S/C13H9BrFN3O/c14-9-6-8(2-3-10(9)15)19-13-17-11-4-1-7(16)5-12(11)18-13/h1-6H,16H2,(H,17,18). The summed E-state index contributed by atoms with van der Waals surface area (Å²) < 4.78 is 19.0. The number of rotatable bonds is 2. The second kappa shape index (κ2) is 4.55. The lowest BCUT2D eigenvalue weighted by Gasteiger charge is -2.02. The molecule has 0 bridgehead atoms. The van der Waals surface area contributed by atoms with Crippen molar-refractivity contribution in [1.82, 2.24) is 9.97 Å². The van der Waals surface area contributed by atoms with E-state index in [9.17, 15) is 4.39 Å². The van der Waals surface area contributed by atoms with Crippen molar-refractivity contribution in [2.45, 2.75) is 0 Å². The van der Waals surface area contributed by atoms with E-state index in [1.807, 2.05) is 0 Å². The predicted octanol–water partition coefficient (Wildman–Crippen LogP) is 3.84. The van der Waals surface area contributed by atoms with E-state index in [0.717, 1.165) is 11.0 Å². The Kier molecular flexibility index (Phi) is 2.87. The Balaban J connectivity index is 1.94. The van der Waals surface area contributed by atoms with Gasteiger partial charge in [0, 0.05) is 5.69 Å². The number of anilines is 1. The molecule has 3 rings (SSSR count). The van der Waals surface area contributed by atoms with E-state index in [1.54, 1.807) is 18.2 Å². The maximum absolute atomic E-state index is 13.1. The first kappa shape index (κ1) is 12.0. The third kappa shape index (κ3) is 2.39. The zero-order chi connectivity index (χ0) is 13.4. The molecule has 0 aliphatic heterocycles. The van der Waals surface area contributed by atoms with Crippen molar-refractivity contribution in [2.24, 2.45) is 0 Å². The quantitative estimate of drug-likeness (QED) is 0.705. The van der Waals surface area contributed by atoms with Crippen molar-refractivity contribution in [3.8, 4) is 11.8 Å². The highest BCUT2D eigenvalue weighted by Gasteiger charge is 2.07. The van der Waals surface area contributed by atoms with Crippen LogP contribution in [0.1, 0.15) is 0 Å². The summed E-state index contributed by atoms with van der Waals surface area (Å²) >= 11 is 3.10. The van der Waals surface area contributed by atoms with Crippen LogP contribution in [0.2, 0.25) is 0 Å². The zero-order valence-electron chi connectivity index (χ0n) is 9.65. The molecule has 0 saturated carbocycles. The second-order valence-corrected chi connectivity index (χ2v) is 4.85. The molecule has 2 aromatic carbocycles. The van der Waals surface area contributed by atoms with Crippen LogP contribution in [0.15, 0.2) is 40.9 Å². The van der Waals surface area contributed by atoms with E-state index in [2.05, 4.69) is 25.9 Å². The summed E-state index contributed by atoms with van der Waals surface area (Å²) in [6.45, 7) is 0. The number of nitrogens with two attached hydrogens (primary N) is 1. The minimum atomic E-state index is -0.343. The lowest BCUT2D eigenvalue weighted by atomic mass is 10.3. The highest BCUT2D eigenvalue weighted by molar-refractivity contribution is 9.10. The fourth-order valence-electron chi connectivity index (χ4n) is 1.70. The minimum absolute atomic E-state index is 0.333. The summed E-state index contributed by atoms with van der Waals surface area (Å²) in [6.07, 6.45) is 0. The van der Waals surface area contributed by atoms with Crippen molar-refractivity contribution >= 4 is 32.7 Å². The molecule has 0 amide bonds. The Hall–Kier alpha value is -2.08. The van der Waals surface area contributed by atoms with Gasteiger partial charge in [0.15, 0.2) is 0 Å². The van der Waals surface area contributed by atoms with E-state index >= 15 is 0 Å². The number of aromatic nitrogens is 2. The van der Waals surface area contributed by atoms with Crippen LogP contribution in [0.4, 0.5) is 10.1 Å². The second-order valence-electron chi connectivity index (χ2n) is 4.00. The molecule has 0 aliphatic rings. The average Bonchev–Trinajstić information content (AvgIpc) is 2.75. The Morgan fingerprint density at radius 3 is 2.84 bits per heavy atom. The third-order valence-electron chi connectivity index (χ3n) is 2.59. The topological polar surface area (TPSA) is 63.9 Å². The summed E-state index contributed by atoms with van der Waals surface area (Å²) in [5, 5.41) is 0. The van der Waals surface area contributed by atoms with Crippen molar-refractivity contribution in [3.63, 3.8) is 0 Å². The number of H-pyrrole nitrogens is 1. The summed E-state index contributed by atoms with van der Waals surface area (Å²) in [7, 11) is 0. The molecule has 1 aromatic heterocycles. The molecule has 0 spiro atoms. The first-order valence-corrected chi connectivity index (χ1v) is 6.29. The van der Waals surface area contributed by atoms with Gasteiger partial charge in [-0.1, -0.05) is 0 Å². The summed E-state index contributed by atoms with van der Waals surface area (Å²) in [6, 6.07) is 10.1. The van der Waals surface area contributed by atoms with Crippen molar-refractivity contribution < 1.29 is 9.13 Å². The molecule has 0 radical (unpaired) electrons. The van der Waals surface area contributed by atoms with Gasteiger partial charge in [-0.15, -0.1) is 0 Å². The number of ether oxygens (including phenoxy) is 1. The fourth-order valence-corrected chi connectivity index (χ4v) is 2.06. The van der Waals surface area contributed by atoms with Gasteiger partial charge in [-0.05, 0) is 52.3 Å². The number of nitrogen functional groups attached to an aromatic ring is 1. The molecule has 6 heteroatoms. The van der Waals surface area contributed by atoms with Crippen LogP contribution in [-0.2, 0) is 0 Å². The summed E-state index contributed by atoms with van der Waals surface area (Å²) in [5.74, 6) is 0.144. The molecule has 3 aromatic rings. The Morgan fingerprint density at radius 2 is 2.05 bits per heavy atom. The number of nitrogens with one attached hydrogen (secondary N) is 1. The van der Waals surface area contributed by atoms with Gasteiger partial charge in [0.25, 0.3) is 6.01 Å². The Labute approximate surface area is 116 Å². The average molecular weight is 322 g/mol. The summed E-state index contributed by atoms with van der Waals surface area (Å²) in [5.41, 5.74) is 7.87. The number of hydrogen-bond donors (Lipinski definition) is 2. The highest BCUT2D eigenvalue weighted by atomic mass is 79.9. The normalized spacial score (nSPS) is 10.8. The molecule has 3 N–H and O–H groups in total. The van der Waals surface area contributed by atoms with E-state index < -0.39 is 0 Å². The number of halogens is 2. The lowest BCUT2D eigenvalue weighted by Crippen LogP contribution is -1.87. The molecule has 19 heavy (non-hydrogen) atoms. The monoisotopic (exact) mass is 321 g/mol. The van der Waals surface area contributed by atoms with Crippen molar-refractivity contribution in [2.75, 3.05) is 5.73 Å². The van der Waals surface area contributed by atoms with Crippen molar-refractivity contribution in [1.29, 1.82) is 0 Å². The smallest absolute Gasteiger partial charge is 0.300 e. The predicted molar refractivity (Wildman–Crippen MR) is 74.7 cm³/mol. The summed E-state index contributed by atoms with van der Waals surface area (Å²) in [4.78, 5) is 7.26. The van der Waals surface area contributed by atoms with Gasteiger partial charge in [0.2, 0.25) is 0 Å². The zero-order valence-corrected chi connectivity index (χ0v) is 11.2. The van der Waals surface area contributed by atoms with E-state index in [1.165, 1.54) is 18.2 Å². The van der Waals surface area contributed by atoms with Crippen LogP contribution < -0.4 is 10.5 Å². The molecule has 4 nitrogen and oxygen atoms in total. The first-order chi connectivity index (χ1) is 9.11. The van der Waals surface area contributed by atoms with Crippen molar-refractivity contribution in [3.05, 3.63) is 46.7 Å². The number of imidazole rings is 1. The molecule has 0 aliphatic carbocycles. The number of nitrogens with zero attached hydrogens (tertiary/aromatic N) is 1. The van der Waals surface area contributed by atoms with Gasteiger partial charge < -0.3 is 15.5 Å². The van der Waals surface area contributed by atoms with Gasteiger partial charge in [-0.25, -0.2) is 4.39 Å². The van der Waals surface area contributed by atoms with Crippen LogP contribution in [0.25, 0.3) is 11.0 Å². The number of aromatic amines is 1. The molecule has 0 fully saturated rings. The molecular weight excluding hydrogens is 313 g/mol. The van der Waals surface area contributed by atoms with Gasteiger partial charge in [0.05, 0.1) is 15.5 Å². The van der Waals surface area contributed by atoms with Crippen LogP contribution in [0, 0.1) is 5.82 Å². The molecule has 0 saturated heterocycles. The first-order valence-electron chi connectivity index (χ1n) is 5.50. The number of hydrogen-bond acceptors (Lipinski definition) is 3. The molecule has 96 valence electrons. The Morgan fingerprint density at radius 1 is 1.21 bits per heavy atom. The SMILES string of the molecule is Nc1ccc2nc(Oc3ccc(F)c(Br)c3)[nH]c2c1. The van der Waals surface area contributed by atoms with Gasteiger partial charge in [-0.3, -0.25) is 0 Å². The fraction of sp³-hybridized carbons (Fsp3) is 0. The van der Waals surface area contributed by atoms with Crippen LogP contribution >= 0.6 is 15.9 Å². The number of fused-ring (bicyclic) bond motifs is 1. The van der Waals surface area contributed by atoms with E-state index in [0.29, 0.717) is 21.9 Å². The van der Waals surface area contributed by atoms with Gasteiger partial charge in [-0.2, -0.15) is 4.98 Å². The third-order valence-corrected chi connectivity index (χ3v) is 3.20. The van der Waals surface area contributed by atoms with E-state index in [4.69, 9.17) is 10.5 Å². The molecule has 1 heterocycles. The molecular formula is C13H9BrFN3O. The number of benzene rings is 2. The van der Waals surface area contributed by atoms with E-state index in [-0.39, 0.29) is 5.82 Å². The van der Waals surface area contributed by atoms with Crippen LogP contribution in [0.5, 0.6) is 11.8 Å². The molecule has 0 atom stereocenters. The maximum atomic E-state index is 13.1. The lowest BCUT2D eigenvalue weighted by molar-refractivity contribution is 0.447. The Bertz CT molecular complexity index is 757. The minimum Gasteiger partial charge on any atom is -0.426 e. The highest BCUT2D eigenvalue weighted by Crippen LogP contribution is 2.26.